The third-order valence-corrected chi connectivity index (χ3v) is 5.28. The summed E-state index contributed by atoms with van der Waals surface area (Å²) in [4.78, 5) is 4.51. The van der Waals surface area contributed by atoms with E-state index in [9.17, 15) is 5.11 Å². The number of allylic oxidation sites excluding steroid dienone is 1. The molecule has 1 aromatic heterocycles. The number of ether oxygens (including phenoxy) is 2. The first-order chi connectivity index (χ1) is 14.3. The molecule has 0 unspecified atom stereocenters. The molecule has 1 heterocycles. The summed E-state index contributed by atoms with van der Waals surface area (Å²) in [6, 6.07) is 11.6. The predicted octanol–water partition coefficient (Wildman–Crippen LogP) is 6.38. The molecule has 30 heavy (non-hydrogen) atoms. The Morgan fingerprint density at radius 2 is 1.73 bits per heavy atom. The number of benzene rings is 2. The molecule has 0 fully saturated rings. The first-order valence-corrected chi connectivity index (χ1v) is 9.85. The Hall–Kier alpha value is -3.18. The first-order valence-electron chi connectivity index (χ1n) is 9.47. The van der Waals surface area contributed by atoms with Crippen molar-refractivity contribution in [2.24, 2.45) is 0 Å². The minimum Gasteiger partial charge on any atom is -0.504 e. The SMILES string of the molecule is COc1cc(OC)c(Cl)c(/C(C)=C/c2ccc(Nc3c(C)cccc3C)nc2)c1O. The van der Waals surface area contributed by atoms with Crippen LogP contribution in [0.2, 0.25) is 5.02 Å². The molecule has 2 aromatic carbocycles. The number of rotatable bonds is 6. The van der Waals surface area contributed by atoms with Crippen molar-refractivity contribution < 1.29 is 14.6 Å². The number of methoxy groups -OCH3 is 2. The third-order valence-electron chi connectivity index (χ3n) is 4.91. The van der Waals surface area contributed by atoms with Gasteiger partial charge in [0.1, 0.15) is 11.6 Å². The van der Waals surface area contributed by atoms with Gasteiger partial charge in [-0.2, -0.15) is 0 Å². The lowest BCUT2D eigenvalue weighted by atomic mass is 10.0. The van der Waals surface area contributed by atoms with Crippen LogP contribution in [0.15, 0.2) is 42.6 Å². The molecule has 0 aliphatic rings. The van der Waals surface area contributed by atoms with Crippen molar-refractivity contribution in [3.05, 3.63) is 69.9 Å². The molecule has 6 heteroatoms. The van der Waals surface area contributed by atoms with E-state index in [2.05, 4.69) is 36.3 Å². The largest absolute Gasteiger partial charge is 0.504 e. The number of hydrogen-bond donors (Lipinski definition) is 2. The normalized spacial score (nSPS) is 11.3. The van der Waals surface area contributed by atoms with Crippen molar-refractivity contribution in [1.82, 2.24) is 4.98 Å². The van der Waals surface area contributed by atoms with Crippen molar-refractivity contribution in [2.45, 2.75) is 20.8 Å². The molecule has 0 atom stereocenters. The van der Waals surface area contributed by atoms with Crippen LogP contribution in [0.4, 0.5) is 11.5 Å². The van der Waals surface area contributed by atoms with Crippen LogP contribution in [0, 0.1) is 13.8 Å². The van der Waals surface area contributed by atoms with Gasteiger partial charge in [0.15, 0.2) is 11.5 Å². The molecule has 0 radical (unpaired) electrons. The van der Waals surface area contributed by atoms with E-state index in [0.717, 1.165) is 33.8 Å². The molecular formula is C24H25ClN2O3. The molecule has 3 rings (SSSR count). The van der Waals surface area contributed by atoms with Gasteiger partial charge < -0.3 is 19.9 Å². The lowest BCUT2D eigenvalue weighted by molar-refractivity contribution is 0.363. The van der Waals surface area contributed by atoms with Crippen molar-refractivity contribution in [1.29, 1.82) is 0 Å². The van der Waals surface area contributed by atoms with Crippen molar-refractivity contribution in [3.8, 4) is 17.2 Å². The predicted molar refractivity (Wildman–Crippen MR) is 123 cm³/mol. The van der Waals surface area contributed by atoms with Gasteiger partial charge in [0, 0.05) is 23.5 Å². The topological polar surface area (TPSA) is 63.6 Å². The zero-order valence-corrected chi connectivity index (χ0v) is 18.5. The lowest BCUT2D eigenvalue weighted by Gasteiger charge is -2.15. The van der Waals surface area contributed by atoms with Crippen molar-refractivity contribution in [2.75, 3.05) is 19.5 Å². The number of hydrogen-bond acceptors (Lipinski definition) is 5. The number of phenolic OH excluding ortho intramolecular Hbond substituents is 1. The van der Waals surface area contributed by atoms with Crippen LogP contribution in [0.3, 0.4) is 0 Å². The fourth-order valence-electron chi connectivity index (χ4n) is 3.29. The average molecular weight is 425 g/mol. The summed E-state index contributed by atoms with van der Waals surface area (Å²) >= 11 is 6.44. The molecule has 0 aliphatic heterocycles. The Bertz CT molecular complexity index is 1040. The van der Waals surface area contributed by atoms with E-state index in [4.69, 9.17) is 21.1 Å². The van der Waals surface area contributed by atoms with E-state index in [-0.39, 0.29) is 5.75 Å². The number of para-hydroxylation sites is 1. The number of nitrogens with zero attached hydrogens (tertiary/aromatic N) is 1. The molecule has 0 saturated carbocycles. The first kappa shape index (κ1) is 21.5. The van der Waals surface area contributed by atoms with Gasteiger partial charge >= 0.3 is 0 Å². The second-order valence-corrected chi connectivity index (χ2v) is 7.39. The second kappa shape index (κ2) is 9.09. The fraction of sp³-hybridized carbons (Fsp3) is 0.208. The van der Waals surface area contributed by atoms with E-state index >= 15 is 0 Å². The van der Waals surface area contributed by atoms with E-state index in [1.165, 1.54) is 14.2 Å². The Kier molecular flexibility index (Phi) is 6.53. The monoisotopic (exact) mass is 424 g/mol. The van der Waals surface area contributed by atoms with Crippen LogP contribution >= 0.6 is 11.6 Å². The Balaban J connectivity index is 1.91. The molecule has 0 saturated heterocycles. The summed E-state index contributed by atoms with van der Waals surface area (Å²) in [6.07, 6.45) is 3.66. The highest BCUT2D eigenvalue weighted by Crippen LogP contribution is 2.45. The molecule has 3 aromatic rings. The quantitative estimate of drug-likeness (QED) is 0.480. The molecular weight excluding hydrogens is 400 g/mol. The summed E-state index contributed by atoms with van der Waals surface area (Å²) in [6.45, 7) is 5.99. The molecule has 0 aliphatic carbocycles. The second-order valence-electron chi connectivity index (χ2n) is 7.01. The Morgan fingerprint density at radius 3 is 2.30 bits per heavy atom. The Morgan fingerprint density at radius 1 is 1.07 bits per heavy atom. The van der Waals surface area contributed by atoms with Crippen LogP contribution < -0.4 is 14.8 Å². The maximum Gasteiger partial charge on any atom is 0.167 e. The molecule has 0 amide bonds. The summed E-state index contributed by atoms with van der Waals surface area (Å²) in [5.41, 5.74) is 5.47. The highest BCUT2D eigenvalue weighted by Gasteiger charge is 2.19. The minimum atomic E-state index is -0.0293. The van der Waals surface area contributed by atoms with Crippen LogP contribution in [0.25, 0.3) is 11.6 Å². The molecule has 2 N–H and O–H groups in total. The number of aromatic hydroxyl groups is 1. The standard InChI is InChI=1S/C24H25ClN2O3/c1-14-7-6-8-15(2)23(14)27-20-10-9-17(13-26-20)11-16(3)21-22(25)18(29-4)12-19(30-5)24(21)28/h6-13,28H,1-5H3,(H,26,27)/b16-11+. The van der Waals surface area contributed by atoms with Gasteiger partial charge in [-0.1, -0.05) is 29.8 Å². The smallest absolute Gasteiger partial charge is 0.167 e. The number of halogens is 1. The van der Waals surface area contributed by atoms with Crippen LogP contribution in [0.5, 0.6) is 17.2 Å². The van der Waals surface area contributed by atoms with Crippen LogP contribution in [-0.4, -0.2) is 24.3 Å². The summed E-state index contributed by atoms with van der Waals surface area (Å²) in [5.74, 6) is 1.45. The maximum atomic E-state index is 10.6. The number of aryl methyl sites for hydroxylation is 2. The van der Waals surface area contributed by atoms with Gasteiger partial charge in [0.05, 0.1) is 19.2 Å². The van der Waals surface area contributed by atoms with Crippen molar-refractivity contribution >= 4 is 34.8 Å². The molecule has 156 valence electrons. The average Bonchev–Trinajstić information content (AvgIpc) is 2.72. The van der Waals surface area contributed by atoms with Gasteiger partial charge in [0.2, 0.25) is 0 Å². The number of phenols is 1. The summed E-state index contributed by atoms with van der Waals surface area (Å²) in [7, 11) is 3.00. The fourth-order valence-corrected chi connectivity index (χ4v) is 3.66. The van der Waals surface area contributed by atoms with E-state index in [1.807, 2.05) is 31.2 Å². The minimum absolute atomic E-state index is 0.0293. The van der Waals surface area contributed by atoms with E-state index < -0.39 is 0 Å². The zero-order valence-electron chi connectivity index (χ0n) is 17.7. The van der Waals surface area contributed by atoms with Crippen LogP contribution in [-0.2, 0) is 0 Å². The number of pyridine rings is 1. The van der Waals surface area contributed by atoms with Gasteiger partial charge in [-0.15, -0.1) is 0 Å². The van der Waals surface area contributed by atoms with E-state index in [0.29, 0.717) is 22.1 Å². The highest BCUT2D eigenvalue weighted by molar-refractivity contribution is 6.34. The summed E-state index contributed by atoms with van der Waals surface area (Å²) < 4.78 is 10.5. The summed E-state index contributed by atoms with van der Waals surface area (Å²) in [5, 5.41) is 14.3. The number of aromatic nitrogens is 1. The van der Waals surface area contributed by atoms with E-state index in [1.54, 1.807) is 12.3 Å². The number of anilines is 2. The lowest BCUT2D eigenvalue weighted by Crippen LogP contribution is -1.98. The third kappa shape index (κ3) is 4.36. The zero-order chi connectivity index (χ0) is 21.8. The molecule has 5 nitrogen and oxygen atoms in total. The van der Waals surface area contributed by atoms with Gasteiger partial charge in [-0.05, 0) is 61.2 Å². The number of nitrogens with one attached hydrogen (secondary N) is 1. The van der Waals surface area contributed by atoms with Gasteiger partial charge in [0.25, 0.3) is 0 Å². The maximum absolute atomic E-state index is 10.6. The Labute approximate surface area is 182 Å². The van der Waals surface area contributed by atoms with Gasteiger partial charge in [-0.3, -0.25) is 0 Å². The van der Waals surface area contributed by atoms with Gasteiger partial charge in [-0.25, -0.2) is 4.98 Å². The molecule has 0 spiro atoms. The van der Waals surface area contributed by atoms with Crippen LogP contribution in [0.1, 0.15) is 29.2 Å². The molecule has 0 bridgehead atoms. The highest BCUT2D eigenvalue weighted by atomic mass is 35.5. The van der Waals surface area contributed by atoms with Crippen molar-refractivity contribution in [3.63, 3.8) is 0 Å².